The normalized spacial score (nSPS) is 12.2. The van der Waals surface area contributed by atoms with Crippen LogP contribution in [0.5, 0.6) is 5.75 Å². The van der Waals surface area contributed by atoms with E-state index in [1.165, 1.54) is 12.1 Å². The first-order chi connectivity index (χ1) is 14.4. The molecule has 2 heterocycles. The Bertz CT molecular complexity index is 1020. The minimum absolute atomic E-state index is 0.0211. The van der Waals surface area contributed by atoms with Crippen molar-refractivity contribution < 1.29 is 23.1 Å². The zero-order valence-corrected chi connectivity index (χ0v) is 18.2. The molecule has 3 aromatic rings. The van der Waals surface area contributed by atoms with E-state index in [-0.39, 0.29) is 28.4 Å². The molecule has 1 unspecified atom stereocenters. The summed E-state index contributed by atoms with van der Waals surface area (Å²) in [5.74, 6) is 0.000329. The molecule has 0 bridgehead atoms. The molecule has 1 atom stereocenters. The van der Waals surface area contributed by atoms with Gasteiger partial charge in [-0.2, -0.15) is 0 Å². The number of Topliss-reactive ketones (excluding diaryl/α,β-unsaturated/α-hetero) is 1. The lowest BCUT2D eigenvalue weighted by molar-refractivity contribution is 0.102. The number of aryl methyl sites for hydroxylation is 1. The maximum Gasteiger partial charge on any atom is 0.277 e. The molecule has 160 valence electrons. The van der Waals surface area contributed by atoms with Crippen LogP contribution in [0, 0.1) is 19.7 Å². The molecule has 0 N–H and O–H groups in total. The number of hydrogen-bond acceptors (Lipinski definition) is 7. The van der Waals surface area contributed by atoms with Gasteiger partial charge >= 0.3 is 0 Å². The molecule has 2 aromatic heterocycles. The molecule has 3 rings (SSSR count). The first-order valence-electron chi connectivity index (χ1n) is 9.47. The zero-order chi connectivity index (χ0) is 21.7. The summed E-state index contributed by atoms with van der Waals surface area (Å²) in [5, 5.41) is 8.16. The zero-order valence-electron chi connectivity index (χ0n) is 17.3. The molecular weight excluding hydrogens is 409 g/mol. The van der Waals surface area contributed by atoms with Gasteiger partial charge < -0.3 is 18.5 Å². The molecule has 0 aliphatic rings. The van der Waals surface area contributed by atoms with E-state index >= 15 is 0 Å². The molecule has 30 heavy (non-hydrogen) atoms. The third kappa shape index (κ3) is 5.09. The molecule has 0 saturated heterocycles. The smallest absolute Gasteiger partial charge is 0.277 e. The third-order valence-corrected chi connectivity index (χ3v) is 5.45. The van der Waals surface area contributed by atoms with Crippen molar-refractivity contribution in [3.63, 3.8) is 0 Å². The van der Waals surface area contributed by atoms with E-state index in [0.717, 1.165) is 23.1 Å². The number of nitrogens with zero attached hydrogens (tertiary/aromatic N) is 3. The summed E-state index contributed by atoms with van der Waals surface area (Å²) in [4.78, 5) is 12.7. The number of carbonyl (C=O) groups excluding carboxylic acids is 1. The van der Waals surface area contributed by atoms with Crippen LogP contribution in [0.3, 0.4) is 0 Å². The van der Waals surface area contributed by atoms with E-state index in [1.54, 1.807) is 26.2 Å². The van der Waals surface area contributed by atoms with E-state index in [9.17, 15) is 9.18 Å². The van der Waals surface area contributed by atoms with Gasteiger partial charge in [0.1, 0.15) is 0 Å². The lowest BCUT2D eigenvalue weighted by atomic mass is 10.2. The van der Waals surface area contributed by atoms with Gasteiger partial charge in [-0.25, -0.2) is 4.39 Å². The standard InChI is InChI=1S/C21H24FN3O4S/c1-13-11-16(14(2)25(13)9-10-27-4)18(26)12-30-21-24-23-20(29-21)15(3)28-19-8-6-5-7-17(19)22/h5-8,11,15H,9-10,12H2,1-4H3. The minimum Gasteiger partial charge on any atom is -0.478 e. The third-order valence-electron chi connectivity index (χ3n) is 4.63. The first kappa shape index (κ1) is 22.0. The molecule has 1 aromatic carbocycles. The maximum absolute atomic E-state index is 13.7. The van der Waals surface area contributed by atoms with Gasteiger partial charge in [0.2, 0.25) is 0 Å². The van der Waals surface area contributed by atoms with Crippen molar-refractivity contribution >= 4 is 17.5 Å². The summed E-state index contributed by atoms with van der Waals surface area (Å²) in [6, 6.07) is 7.99. The number of halogens is 1. The van der Waals surface area contributed by atoms with Gasteiger partial charge in [-0.15, -0.1) is 10.2 Å². The molecule has 0 spiro atoms. The molecule has 0 aliphatic carbocycles. The quantitative estimate of drug-likeness (QED) is 0.347. The number of benzene rings is 1. The van der Waals surface area contributed by atoms with Crippen molar-refractivity contribution in [3.05, 3.63) is 59.0 Å². The molecular formula is C21H24FN3O4S. The minimum atomic E-state index is -0.626. The van der Waals surface area contributed by atoms with Gasteiger partial charge in [0.05, 0.1) is 12.4 Å². The Morgan fingerprint density at radius 1 is 1.30 bits per heavy atom. The van der Waals surface area contributed by atoms with Crippen LogP contribution in [0.15, 0.2) is 40.0 Å². The number of ether oxygens (including phenoxy) is 2. The molecule has 7 nitrogen and oxygen atoms in total. The summed E-state index contributed by atoms with van der Waals surface area (Å²) in [7, 11) is 1.65. The van der Waals surface area contributed by atoms with E-state index in [0.29, 0.717) is 18.7 Å². The lowest BCUT2D eigenvalue weighted by Crippen LogP contribution is -2.09. The fourth-order valence-electron chi connectivity index (χ4n) is 3.04. The fourth-order valence-corrected chi connectivity index (χ4v) is 3.69. The molecule has 0 saturated carbocycles. The summed E-state index contributed by atoms with van der Waals surface area (Å²) in [5.41, 5.74) is 2.59. The number of ketones is 1. The topological polar surface area (TPSA) is 79.4 Å². The number of thioether (sulfide) groups is 1. The van der Waals surface area contributed by atoms with Gasteiger partial charge in [-0.05, 0) is 39.0 Å². The maximum atomic E-state index is 13.7. The van der Waals surface area contributed by atoms with E-state index < -0.39 is 11.9 Å². The number of rotatable bonds is 10. The summed E-state index contributed by atoms with van der Waals surface area (Å²) in [6.45, 7) is 6.85. The highest BCUT2D eigenvalue weighted by atomic mass is 32.2. The first-order valence-corrected chi connectivity index (χ1v) is 10.5. The van der Waals surface area contributed by atoms with E-state index in [4.69, 9.17) is 13.9 Å². The van der Waals surface area contributed by atoms with Crippen molar-refractivity contribution in [2.24, 2.45) is 0 Å². The second kappa shape index (κ2) is 9.90. The predicted octanol–water partition coefficient (Wildman–Crippen LogP) is 4.39. The molecule has 0 amide bonds. The van der Waals surface area contributed by atoms with Crippen molar-refractivity contribution in [2.75, 3.05) is 19.5 Å². The average Bonchev–Trinajstić information content (AvgIpc) is 3.31. The van der Waals surface area contributed by atoms with Gasteiger partial charge in [-0.3, -0.25) is 4.79 Å². The van der Waals surface area contributed by atoms with Crippen LogP contribution in [-0.4, -0.2) is 40.0 Å². The van der Waals surface area contributed by atoms with Crippen molar-refractivity contribution in [2.45, 2.75) is 38.6 Å². The Labute approximate surface area is 178 Å². The Hall–Kier alpha value is -2.65. The average molecular weight is 434 g/mol. The molecule has 0 fully saturated rings. The number of carbonyl (C=O) groups is 1. The van der Waals surface area contributed by atoms with Crippen LogP contribution in [-0.2, 0) is 11.3 Å². The second-order valence-corrected chi connectivity index (χ2v) is 7.66. The van der Waals surface area contributed by atoms with Crippen LogP contribution in [0.4, 0.5) is 4.39 Å². The highest BCUT2D eigenvalue weighted by Gasteiger charge is 2.20. The summed E-state index contributed by atoms with van der Waals surface area (Å²) >= 11 is 1.16. The van der Waals surface area contributed by atoms with Crippen molar-refractivity contribution in [1.29, 1.82) is 0 Å². The Morgan fingerprint density at radius 2 is 2.07 bits per heavy atom. The Kier molecular flexibility index (Phi) is 7.28. The monoisotopic (exact) mass is 433 g/mol. The van der Waals surface area contributed by atoms with Gasteiger partial charge in [0.25, 0.3) is 11.1 Å². The number of para-hydroxylation sites is 1. The summed E-state index contributed by atoms with van der Waals surface area (Å²) in [6.07, 6.45) is -0.626. The van der Waals surface area contributed by atoms with Gasteiger partial charge in [0, 0.05) is 30.6 Å². The van der Waals surface area contributed by atoms with Crippen molar-refractivity contribution in [1.82, 2.24) is 14.8 Å². The fraction of sp³-hybridized carbons (Fsp3) is 0.381. The lowest BCUT2D eigenvalue weighted by Gasteiger charge is -2.11. The second-order valence-electron chi connectivity index (χ2n) is 6.74. The SMILES string of the molecule is COCCn1c(C)cc(C(=O)CSc2nnc(C(C)Oc3ccccc3F)o2)c1C. The molecule has 9 heteroatoms. The number of aromatic nitrogens is 3. The highest BCUT2D eigenvalue weighted by Crippen LogP contribution is 2.26. The Balaban J connectivity index is 1.60. The van der Waals surface area contributed by atoms with Crippen LogP contribution in [0.25, 0.3) is 0 Å². The molecule has 0 aliphatic heterocycles. The van der Waals surface area contributed by atoms with Crippen LogP contribution in [0.2, 0.25) is 0 Å². The molecule has 0 radical (unpaired) electrons. The van der Waals surface area contributed by atoms with Crippen LogP contribution < -0.4 is 4.74 Å². The van der Waals surface area contributed by atoms with Crippen LogP contribution in [0.1, 0.15) is 40.7 Å². The van der Waals surface area contributed by atoms with Gasteiger partial charge in [-0.1, -0.05) is 23.9 Å². The predicted molar refractivity (Wildman–Crippen MR) is 111 cm³/mol. The number of methoxy groups -OCH3 is 1. The van der Waals surface area contributed by atoms with Crippen molar-refractivity contribution in [3.8, 4) is 5.75 Å². The highest BCUT2D eigenvalue weighted by molar-refractivity contribution is 7.99. The van der Waals surface area contributed by atoms with E-state index in [2.05, 4.69) is 14.8 Å². The summed E-state index contributed by atoms with van der Waals surface area (Å²) < 4.78 is 32.0. The largest absolute Gasteiger partial charge is 0.478 e. The van der Waals surface area contributed by atoms with Gasteiger partial charge in [0.15, 0.2) is 23.5 Å². The van der Waals surface area contributed by atoms with Crippen LogP contribution >= 0.6 is 11.8 Å². The Morgan fingerprint density at radius 3 is 2.80 bits per heavy atom. The number of hydrogen-bond donors (Lipinski definition) is 0. The van der Waals surface area contributed by atoms with E-state index in [1.807, 2.05) is 19.9 Å².